The number of carbonyl (C=O) groups is 1. The van der Waals surface area contributed by atoms with Gasteiger partial charge in [-0.2, -0.15) is 0 Å². The summed E-state index contributed by atoms with van der Waals surface area (Å²) in [4.78, 5) is 39.9. The van der Waals surface area contributed by atoms with Crippen LogP contribution >= 0.6 is 0 Å². The highest BCUT2D eigenvalue weighted by atomic mass is 19.1. The molecule has 0 saturated carbocycles. The summed E-state index contributed by atoms with van der Waals surface area (Å²) in [5.74, 6) is -0.281. The van der Waals surface area contributed by atoms with Crippen molar-refractivity contribution in [1.29, 1.82) is 0 Å². The minimum Gasteiger partial charge on any atom is -0.467 e. The number of fused-ring (bicyclic) bond motifs is 1. The van der Waals surface area contributed by atoms with Crippen LogP contribution in [-0.2, 0) is 11.3 Å². The van der Waals surface area contributed by atoms with Gasteiger partial charge in [0.25, 0.3) is 5.56 Å². The number of nitrogens with zero attached hydrogens (tertiary/aromatic N) is 2. The molecular formula is C24H22FN3O4. The van der Waals surface area contributed by atoms with Crippen LogP contribution in [0.4, 0.5) is 4.39 Å². The number of aryl methyl sites for hydroxylation is 1. The van der Waals surface area contributed by atoms with E-state index in [-0.39, 0.29) is 18.1 Å². The number of aromatic nitrogens is 2. The van der Waals surface area contributed by atoms with Crippen LogP contribution in [0.15, 0.2) is 74.9 Å². The molecule has 0 aliphatic rings. The van der Waals surface area contributed by atoms with E-state index in [0.717, 1.165) is 10.1 Å². The van der Waals surface area contributed by atoms with E-state index < -0.39 is 23.1 Å². The molecule has 7 nitrogen and oxygen atoms in total. The lowest BCUT2D eigenvalue weighted by atomic mass is 10.1. The molecule has 0 aliphatic heterocycles. The van der Waals surface area contributed by atoms with Crippen LogP contribution in [0.5, 0.6) is 0 Å². The molecule has 1 atom stereocenters. The first-order valence-electron chi connectivity index (χ1n) is 10.2. The average molecular weight is 435 g/mol. The number of hydrogen-bond acceptors (Lipinski definition) is 4. The Balaban J connectivity index is 1.90. The van der Waals surface area contributed by atoms with Gasteiger partial charge < -0.3 is 9.73 Å². The molecule has 2 aromatic heterocycles. The summed E-state index contributed by atoms with van der Waals surface area (Å²) < 4.78 is 21.0. The van der Waals surface area contributed by atoms with Crippen molar-refractivity contribution in [3.05, 3.63) is 98.8 Å². The minimum atomic E-state index is -0.866. The van der Waals surface area contributed by atoms with Crippen LogP contribution in [-0.4, -0.2) is 15.0 Å². The van der Waals surface area contributed by atoms with E-state index in [2.05, 4.69) is 5.32 Å². The molecule has 164 valence electrons. The van der Waals surface area contributed by atoms with Crippen molar-refractivity contribution in [2.45, 2.75) is 32.9 Å². The van der Waals surface area contributed by atoms with Gasteiger partial charge in [-0.05, 0) is 61.9 Å². The maximum atomic E-state index is 13.5. The molecule has 0 fully saturated rings. The number of halogens is 1. The van der Waals surface area contributed by atoms with Gasteiger partial charge in [0.2, 0.25) is 5.91 Å². The molecule has 2 aromatic carbocycles. The lowest BCUT2D eigenvalue weighted by molar-refractivity contribution is -0.124. The standard InChI is InChI=1S/C24H22FN3O4/c1-3-20(22(29)26-14-18-5-4-12-32-18)28-21-11-6-15(2)13-19(21)23(30)27(24(28)31)17-9-7-16(25)8-10-17/h4-13,20H,3,14H2,1-2H3,(H,26,29)/t20-/m1/s1. The fourth-order valence-electron chi connectivity index (χ4n) is 3.76. The van der Waals surface area contributed by atoms with Crippen molar-refractivity contribution >= 4 is 16.8 Å². The number of amides is 1. The molecule has 0 aliphatic carbocycles. The number of carbonyl (C=O) groups excluding carboxylic acids is 1. The van der Waals surface area contributed by atoms with Crippen molar-refractivity contribution in [3.63, 3.8) is 0 Å². The van der Waals surface area contributed by atoms with Gasteiger partial charge in [-0.25, -0.2) is 13.8 Å². The van der Waals surface area contributed by atoms with E-state index in [4.69, 9.17) is 4.42 Å². The summed E-state index contributed by atoms with van der Waals surface area (Å²) in [5, 5.41) is 3.09. The Bertz CT molecular complexity index is 1390. The van der Waals surface area contributed by atoms with Crippen LogP contribution in [0.3, 0.4) is 0 Å². The van der Waals surface area contributed by atoms with Crippen molar-refractivity contribution in [2.24, 2.45) is 0 Å². The molecule has 2 heterocycles. The van der Waals surface area contributed by atoms with E-state index in [9.17, 15) is 18.8 Å². The van der Waals surface area contributed by atoms with Gasteiger partial charge in [-0.15, -0.1) is 0 Å². The highest BCUT2D eigenvalue weighted by Gasteiger charge is 2.25. The number of furan rings is 1. The molecule has 4 rings (SSSR count). The topological polar surface area (TPSA) is 86.2 Å². The van der Waals surface area contributed by atoms with Crippen molar-refractivity contribution in [2.75, 3.05) is 0 Å². The monoisotopic (exact) mass is 435 g/mol. The van der Waals surface area contributed by atoms with Crippen molar-refractivity contribution in [1.82, 2.24) is 14.5 Å². The van der Waals surface area contributed by atoms with Crippen LogP contribution < -0.4 is 16.6 Å². The Morgan fingerprint density at radius 3 is 2.53 bits per heavy atom. The smallest absolute Gasteiger partial charge is 0.336 e. The fraction of sp³-hybridized carbons (Fsp3) is 0.208. The second-order valence-corrected chi connectivity index (χ2v) is 7.51. The van der Waals surface area contributed by atoms with Crippen LogP contribution in [0, 0.1) is 12.7 Å². The third-order valence-electron chi connectivity index (χ3n) is 5.35. The molecular weight excluding hydrogens is 413 g/mol. The van der Waals surface area contributed by atoms with Gasteiger partial charge in [0, 0.05) is 0 Å². The van der Waals surface area contributed by atoms with E-state index in [1.807, 2.05) is 6.92 Å². The Morgan fingerprint density at radius 1 is 1.12 bits per heavy atom. The lowest BCUT2D eigenvalue weighted by Crippen LogP contribution is -2.44. The molecule has 1 amide bonds. The Hall–Kier alpha value is -3.94. The average Bonchev–Trinajstić information content (AvgIpc) is 3.30. The third kappa shape index (κ3) is 3.87. The SMILES string of the molecule is CC[C@H](C(=O)NCc1ccco1)n1c(=O)n(-c2ccc(F)cc2)c(=O)c2cc(C)ccc21. The van der Waals surface area contributed by atoms with Gasteiger partial charge in [0.15, 0.2) is 0 Å². The number of hydrogen-bond donors (Lipinski definition) is 1. The summed E-state index contributed by atoms with van der Waals surface area (Å²) in [5.41, 5.74) is 0.231. The summed E-state index contributed by atoms with van der Waals surface area (Å²) in [6, 6.07) is 12.8. The molecule has 4 aromatic rings. The maximum Gasteiger partial charge on any atom is 0.336 e. The molecule has 8 heteroatoms. The Kier molecular flexibility index (Phi) is 5.77. The first-order chi connectivity index (χ1) is 15.4. The highest BCUT2D eigenvalue weighted by Crippen LogP contribution is 2.19. The first kappa shape index (κ1) is 21.3. The molecule has 32 heavy (non-hydrogen) atoms. The van der Waals surface area contributed by atoms with Gasteiger partial charge in [0.1, 0.15) is 17.6 Å². The van der Waals surface area contributed by atoms with Gasteiger partial charge in [-0.1, -0.05) is 18.6 Å². The molecule has 0 spiro atoms. The molecule has 0 radical (unpaired) electrons. The Labute approximate surface area is 182 Å². The summed E-state index contributed by atoms with van der Waals surface area (Å²) in [6.45, 7) is 3.80. The molecule has 1 N–H and O–H groups in total. The van der Waals surface area contributed by atoms with Crippen LogP contribution in [0.2, 0.25) is 0 Å². The summed E-state index contributed by atoms with van der Waals surface area (Å²) >= 11 is 0. The Morgan fingerprint density at radius 2 is 1.88 bits per heavy atom. The zero-order chi connectivity index (χ0) is 22.8. The van der Waals surface area contributed by atoms with E-state index in [0.29, 0.717) is 23.1 Å². The van der Waals surface area contributed by atoms with Gasteiger partial charge >= 0.3 is 5.69 Å². The van der Waals surface area contributed by atoms with E-state index in [1.165, 1.54) is 35.1 Å². The molecule has 0 bridgehead atoms. The lowest BCUT2D eigenvalue weighted by Gasteiger charge is -2.21. The van der Waals surface area contributed by atoms with E-state index in [1.54, 1.807) is 37.3 Å². The molecule has 0 unspecified atom stereocenters. The predicted molar refractivity (Wildman–Crippen MR) is 118 cm³/mol. The van der Waals surface area contributed by atoms with Crippen LogP contribution in [0.25, 0.3) is 16.6 Å². The first-order valence-corrected chi connectivity index (χ1v) is 10.2. The zero-order valence-corrected chi connectivity index (χ0v) is 17.7. The zero-order valence-electron chi connectivity index (χ0n) is 17.7. The highest BCUT2D eigenvalue weighted by molar-refractivity contribution is 5.85. The largest absolute Gasteiger partial charge is 0.467 e. The van der Waals surface area contributed by atoms with Crippen molar-refractivity contribution < 1.29 is 13.6 Å². The number of benzene rings is 2. The third-order valence-corrected chi connectivity index (χ3v) is 5.35. The van der Waals surface area contributed by atoms with E-state index >= 15 is 0 Å². The normalized spacial score (nSPS) is 12.1. The van der Waals surface area contributed by atoms with Gasteiger partial charge in [0.05, 0.1) is 29.4 Å². The summed E-state index contributed by atoms with van der Waals surface area (Å²) in [7, 11) is 0. The predicted octanol–water partition coefficient (Wildman–Crippen LogP) is 3.46. The summed E-state index contributed by atoms with van der Waals surface area (Å²) in [6.07, 6.45) is 1.83. The van der Waals surface area contributed by atoms with Gasteiger partial charge in [-0.3, -0.25) is 14.2 Å². The van der Waals surface area contributed by atoms with Crippen LogP contribution in [0.1, 0.15) is 30.7 Å². The second kappa shape index (κ2) is 8.66. The molecule has 0 saturated heterocycles. The number of nitrogens with one attached hydrogen (secondary N) is 1. The quantitative estimate of drug-likeness (QED) is 0.503. The number of rotatable bonds is 6. The maximum absolute atomic E-state index is 13.5. The van der Waals surface area contributed by atoms with Crippen molar-refractivity contribution in [3.8, 4) is 5.69 Å². The second-order valence-electron chi connectivity index (χ2n) is 7.51. The minimum absolute atomic E-state index is 0.172. The fourth-order valence-corrected chi connectivity index (χ4v) is 3.76.